The van der Waals surface area contributed by atoms with Crippen molar-refractivity contribution in [1.82, 2.24) is 4.90 Å². The summed E-state index contributed by atoms with van der Waals surface area (Å²) in [6.07, 6.45) is 0.352. The first-order chi connectivity index (χ1) is 13.5. The van der Waals surface area contributed by atoms with E-state index in [1.807, 2.05) is 36.9 Å². The highest BCUT2D eigenvalue weighted by Gasteiger charge is 2.21. The molecular weight excluding hydrogens is 358 g/mol. The summed E-state index contributed by atoms with van der Waals surface area (Å²) in [7, 11) is 0. The molecule has 0 aliphatic carbocycles. The van der Waals surface area contributed by atoms with E-state index in [9.17, 15) is 14.9 Å². The van der Waals surface area contributed by atoms with Crippen molar-refractivity contribution >= 4 is 17.3 Å². The van der Waals surface area contributed by atoms with Crippen LogP contribution >= 0.6 is 0 Å². The van der Waals surface area contributed by atoms with E-state index >= 15 is 0 Å². The maximum atomic E-state index is 12.5. The van der Waals surface area contributed by atoms with Gasteiger partial charge in [-0.15, -0.1) is 0 Å². The minimum Gasteiger partial charge on any atom is -0.493 e. The van der Waals surface area contributed by atoms with Crippen molar-refractivity contribution < 1.29 is 14.5 Å². The molecule has 0 saturated carbocycles. The standard InChI is InChI=1S/C21H25N3O4/c1-16-4-3-5-20(17(16)2)28-15-10-21(25)23-13-11-22(12-14-23)18-6-8-19(9-7-18)24(26)27/h3-9H,10-15H2,1-2H3. The van der Waals surface area contributed by atoms with Crippen molar-refractivity contribution in [3.8, 4) is 5.75 Å². The smallest absolute Gasteiger partial charge is 0.269 e. The second-order valence-corrected chi connectivity index (χ2v) is 6.94. The average Bonchev–Trinajstić information content (AvgIpc) is 2.71. The highest BCUT2D eigenvalue weighted by atomic mass is 16.6. The van der Waals surface area contributed by atoms with E-state index < -0.39 is 4.92 Å². The van der Waals surface area contributed by atoms with Crippen molar-refractivity contribution in [1.29, 1.82) is 0 Å². The van der Waals surface area contributed by atoms with Gasteiger partial charge in [0, 0.05) is 44.0 Å². The van der Waals surface area contributed by atoms with Gasteiger partial charge in [0.25, 0.3) is 5.69 Å². The molecule has 1 aliphatic rings. The Hall–Kier alpha value is -3.09. The fraction of sp³-hybridized carbons (Fsp3) is 0.381. The maximum Gasteiger partial charge on any atom is 0.269 e. The number of anilines is 1. The van der Waals surface area contributed by atoms with Crippen LogP contribution in [0.5, 0.6) is 5.75 Å². The van der Waals surface area contributed by atoms with Gasteiger partial charge in [-0.2, -0.15) is 0 Å². The molecule has 148 valence electrons. The van der Waals surface area contributed by atoms with E-state index in [1.54, 1.807) is 12.1 Å². The monoisotopic (exact) mass is 383 g/mol. The van der Waals surface area contributed by atoms with Gasteiger partial charge in [0.1, 0.15) is 5.75 Å². The largest absolute Gasteiger partial charge is 0.493 e. The van der Waals surface area contributed by atoms with E-state index in [0.717, 1.165) is 17.0 Å². The molecule has 1 saturated heterocycles. The SMILES string of the molecule is Cc1cccc(OCCC(=O)N2CCN(c3ccc([N+](=O)[O-])cc3)CC2)c1C. The van der Waals surface area contributed by atoms with Crippen molar-refractivity contribution in [2.24, 2.45) is 0 Å². The lowest BCUT2D eigenvalue weighted by Crippen LogP contribution is -2.49. The van der Waals surface area contributed by atoms with Crippen LogP contribution in [0.1, 0.15) is 17.5 Å². The summed E-state index contributed by atoms with van der Waals surface area (Å²) in [5.74, 6) is 0.921. The van der Waals surface area contributed by atoms with Crippen molar-refractivity contribution in [2.75, 3.05) is 37.7 Å². The number of benzene rings is 2. The van der Waals surface area contributed by atoms with Crippen LogP contribution in [0.3, 0.4) is 0 Å². The van der Waals surface area contributed by atoms with E-state index in [0.29, 0.717) is 39.2 Å². The lowest BCUT2D eigenvalue weighted by atomic mass is 10.1. The third-order valence-corrected chi connectivity index (χ3v) is 5.19. The third kappa shape index (κ3) is 4.60. The number of carbonyl (C=O) groups is 1. The Balaban J connectivity index is 1.46. The van der Waals surface area contributed by atoms with Gasteiger partial charge in [0.2, 0.25) is 5.91 Å². The fourth-order valence-electron chi connectivity index (χ4n) is 3.29. The normalized spacial score (nSPS) is 14.1. The molecule has 0 spiro atoms. The Morgan fingerprint density at radius 1 is 1.07 bits per heavy atom. The Kier molecular flexibility index (Phi) is 6.13. The van der Waals surface area contributed by atoms with Crippen LogP contribution < -0.4 is 9.64 Å². The molecule has 0 unspecified atom stereocenters. The Labute approximate surface area is 164 Å². The number of hydrogen-bond donors (Lipinski definition) is 0. The quantitative estimate of drug-likeness (QED) is 0.565. The summed E-state index contributed by atoms with van der Waals surface area (Å²) in [6.45, 7) is 7.12. The molecule has 7 heteroatoms. The number of nitro benzene ring substituents is 1. The Bertz CT molecular complexity index is 843. The summed E-state index contributed by atoms with van der Waals surface area (Å²) in [5.41, 5.74) is 3.30. The minimum absolute atomic E-state index is 0.0846. The van der Waals surface area contributed by atoms with Gasteiger partial charge < -0.3 is 14.5 Å². The predicted molar refractivity (Wildman–Crippen MR) is 108 cm³/mol. The first-order valence-corrected chi connectivity index (χ1v) is 9.42. The molecule has 0 radical (unpaired) electrons. The zero-order valence-electron chi connectivity index (χ0n) is 16.3. The number of hydrogen-bond acceptors (Lipinski definition) is 5. The summed E-state index contributed by atoms with van der Waals surface area (Å²) in [6, 6.07) is 12.5. The topological polar surface area (TPSA) is 75.9 Å². The van der Waals surface area contributed by atoms with Crippen LogP contribution in [-0.4, -0.2) is 48.5 Å². The van der Waals surface area contributed by atoms with Crippen LogP contribution in [0.15, 0.2) is 42.5 Å². The molecule has 2 aromatic carbocycles. The molecule has 1 amide bonds. The highest BCUT2D eigenvalue weighted by molar-refractivity contribution is 5.76. The summed E-state index contributed by atoms with van der Waals surface area (Å²) in [4.78, 5) is 26.8. The van der Waals surface area contributed by atoms with Crippen LogP contribution in [0.4, 0.5) is 11.4 Å². The second kappa shape index (κ2) is 8.73. The second-order valence-electron chi connectivity index (χ2n) is 6.94. The number of ether oxygens (including phenoxy) is 1. The van der Waals surface area contributed by atoms with E-state index in [2.05, 4.69) is 4.90 Å². The molecular formula is C21H25N3O4. The summed E-state index contributed by atoms with van der Waals surface area (Å²) >= 11 is 0. The average molecular weight is 383 g/mol. The number of piperazine rings is 1. The molecule has 1 fully saturated rings. The lowest BCUT2D eigenvalue weighted by Gasteiger charge is -2.36. The first kappa shape index (κ1) is 19.7. The van der Waals surface area contributed by atoms with Crippen LogP contribution in [0, 0.1) is 24.0 Å². The van der Waals surface area contributed by atoms with E-state index in [4.69, 9.17) is 4.74 Å². The number of rotatable bonds is 6. The maximum absolute atomic E-state index is 12.5. The molecule has 1 heterocycles. The highest BCUT2D eigenvalue weighted by Crippen LogP contribution is 2.22. The van der Waals surface area contributed by atoms with Crippen molar-refractivity contribution in [2.45, 2.75) is 20.3 Å². The molecule has 28 heavy (non-hydrogen) atoms. The van der Waals surface area contributed by atoms with E-state index in [1.165, 1.54) is 17.7 Å². The summed E-state index contributed by atoms with van der Waals surface area (Å²) in [5, 5.41) is 10.8. The summed E-state index contributed by atoms with van der Waals surface area (Å²) < 4.78 is 5.79. The van der Waals surface area contributed by atoms with Gasteiger partial charge >= 0.3 is 0 Å². The van der Waals surface area contributed by atoms with Crippen LogP contribution in [0.25, 0.3) is 0 Å². The zero-order chi connectivity index (χ0) is 20.1. The van der Waals surface area contributed by atoms with Gasteiger partial charge in [0.05, 0.1) is 18.0 Å². The molecule has 0 atom stereocenters. The number of carbonyl (C=O) groups excluding carboxylic acids is 1. The van der Waals surface area contributed by atoms with Gasteiger partial charge in [-0.05, 0) is 43.2 Å². The molecule has 1 aliphatic heterocycles. The first-order valence-electron chi connectivity index (χ1n) is 9.42. The van der Waals surface area contributed by atoms with Gasteiger partial charge in [0.15, 0.2) is 0 Å². The molecule has 0 N–H and O–H groups in total. The van der Waals surface area contributed by atoms with Gasteiger partial charge in [-0.25, -0.2) is 0 Å². The Morgan fingerprint density at radius 2 is 1.75 bits per heavy atom. The predicted octanol–water partition coefficient (Wildman–Crippen LogP) is 3.33. The van der Waals surface area contributed by atoms with Crippen molar-refractivity contribution in [3.63, 3.8) is 0 Å². The minimum atomic E-state index is -0.402. The molecule has 7 nitrogen and oxygen atoms in total. The zero-order valence-corrected chi connectivity index (χ0v) is 16.3. The number of nitrogens with zero attached hydrogens (tertiary/aromatic N) is 3. The molecule has 2 aromatic rings. The number of nitro groups is 1. The van der Waals surface area contributed by atoms with Crippen molar-refractivity contribution in [3.05, 3.63) is 63.7 Å². The van der Waals surface area contributed by atoms with Gasteiger partial charge in [-0.1, -0.05) is 12.1 Å². The molecule has 0 bridgehead atoms. The van der Waals surface area contributed by atoms with Crippen LogP contribution in [0.2, 0.25) is 0 Å². The number of amides is 1. The molecule has 3 rings (SSSR count). The lowest BCUT2D eigenvalue weighted by molar-refractivity contribution is -0.384. The van der Waals surface area contributed by atoms with Gasteiger partial charge in [-0.3, -0.25) is 14.9 Å². The molecule has 0 aromatic heterocycles. The van der Waals surface area contributed by atoms with Crippen LogP contribution in [-0.2, 0) is 4.79 Å². The Morgan fingerprint density at radius 3 is 2.39 bits per heavy atom. The van der Waals surface area contributed by atoms with E-state index in [-0.39, 0.29) is 11.6 Å². The fourth-order valence-corrected chi connectivity index (χ4v) is 3.29. The number of non-ortho nitro benzene ring substituents is 1. The third-order valence-electron chi connectivity index (χ3n) is 5.19. The number of aryl methyl sites for hydroxylation is 1.